The maximum absolute atomic E-state index is 11.7. The summed E-state index contributed by atoms with van der Waals surface area (Å²) in [5.74, 6) is -0.589. The van der Waals surface area contributed by atoms with E-state index in [2.05, 4.69) is 20.3 Å². The van der Waals surface area contributed by atoms with Gasteiger partial charge in [-0.15, -0.1) is 0 Å². The number of rotatable bonds is 16. The highest BCUT2D eigenvalue weighted by Crippen LogP contribution is 1.97. The molecule has 0 spiro atoms. The van der Waals surface area contributed by atoms with E-state index in [1.54, 1.807) is 0 Å². The molecule has 0 aromatic heterocycles. The van der Waals surface area contributed by atoms with Gasteiger partial charge in [0.15, 0.2) is 0 Å². The van der Waals surface area contributed by atoms with E-state index >= 15 is 0 Å². The van der Waals surface area contributed by atoms with Crippen LogP contribution in [0.2, 0.25) is 0 Å². The summed E-state index contributed by atoms with van der Waals surface area (Å²) in [6, 6.07) is -0.795. The van der Waals surface area contributed by atoms with Crippen LogP contribution in [0.3, 0.4) is 0 Å². The van der Waals surface area contributed by atoms with E-state index in [1.165, 1.54) is 0 Å². The molecule has 0 fully saturated rings. The number of carbonyl (C=O) groups excluding carboxylic acids is 2. The van der Waals surface area contributed by atoms with Crippen molar-refractivity contribution < 1.29 is 40.1 Å². The number of hydrogen-bond acceptors (Lipinski definition) is 11. The number of hydrogen-bond donors (Lipinski definition) is 7. The summed E-state index contributed by atoms with van der Waals surface area (Å²) in [6.45, 7) is 0.972. The standard InChI is InChI=1S/C13H29N5O8/c14-11(13(20)16-8-2-4-10-26-18(23)24)5-6-12(19)15-7-1-3-9-25-17(21)22/h11,21-24H,1-10,14H2,(H,15,19)(H,16,20). The number of amides is 2. The molecule has 2 amide bonds. The maximum atomic E-state index is 11.7. The van der Waals surface area contributed by atoms with Gasteiger partial charge in [0, 0.05) is 19.5 Å². The van der Waals surface area contributed by atoms with E-state index in [9.17, 15) is 9.59 Å². The molecule has 13 heteroatoms. The molecule has 26 heavy (non-hydrogen) atoms. The van der Waals surface area contributed by atoms with E-state index in [1.807, 2.05) is 0 Å². The normalized spacial score (nSPS) is 12.4. The number of nitrogens with one attached hydrogen (secondary N) is 2. The average molecular weight is 383 g/mol. The van der Waals surface area contributed by atoms with Gasteiger partial charge in [-0.25, -0.2) is 0 Å². The third-order valence-corrected chi connectivity index (χ3v) is 3.20. The first-order chi connectivity index (χ1) is 12.3. The van der Waals surface area contributed by atoms with Crippen molar-refractivity contribution in [2.24, 2.45) is 5.73 Å². The predicted molar refractivity (Wildman–Crippen MR) is 84.4 cm³/mol. The minimum atomic E-state index is -0.795. The van der Waals surface area contributed by atoms with E-state index < -0.39 is 6.04 Å². The smallest absolute Gasteiger partial charge is 0.236 e. The Morgan fingerprint density at radius 1 is 0.885 bits per heavy atom. The van der Waals surface area contributed by atoms with Gasteiger partial charge in [0.25, 0.3) is 0 Å². The monoisotopic (exact) mass is 383 g/mol. The molecule has 0 bridgehead atoms. The third kappa shape index (κ3) is 16.1. The molecule has 0 aliphatic heterocycles. The summed E-state index contributed by atoms with van der Waals surface area (Å²) in [7, 11) is 0. The van der Waals surface area contributed by atoms with Crippen LogP contribution in [-0.2, 0) is 19.3 Å². The molecule has 0 aromatic rings. The fraction of sp³-hybridized carbons (Fsp3) is 0.846. The second-order valence-corrected chi connectivity index (χ2v) is 5.37. The van der Waals surface area contributed by atoms with Crippen LogP contribution < -0.4 is 16.4 Å². The van der Waals surface area contributed by atoms with Crippen LogP contribution in [0.5, 0.6) is 0 Å². The lowest BCUT2D eigenvalue weighted by atomic mass is 10.1. The van der Waals surface area contributed by atoms with Crippen molar-refractivity contribution in [1.29, 1.82) is 0 Å². The second-order valence-electron chi connectivity index (χ2n) is 5.37. The van der Waals surface area contributed by atoms with Gasteiger partial charge in [-0.2, -0.15) is 0 Å². The van der Waals surface area contributed by atoms with Crippen LogP contribution in [0.1, 0.15) is 38.5 Å². The van der Waals surface area contributed by atoms with Crippen LogP contribution in [0.15, 0.2) is 0 Å². The largest absolute Gasteiger partial charge is 0.356 e. The highest BCUT2D eigenvalue weighted by molar-refractivity contribution is 5.82. The Morgan fingerprint density at radius 3 is 1.88 bits per heavy atom. The number of carbonyl (C=O) groups is 2. The molecule has 0 radical (unpaired) electrons. The average Bonchev–Trinajstić information content (AvgIpc) is 2.58. The minimum absolute atomic E-state index is 0.0967. The van der Waals surface area contributed by atoms with Crippen LogP contribution >= 0.6 is 0 Å². The first kappa shape index (κ1) is 24.6. The molecule has 0 aromatic carbocycles. The first-order valence-corrected chi connectivity index (χ1v) is 8.24. The van der Waals surface area contributed by atoms with E-state index in [-0.39, 0.29) is 48.6 Å². The zero-order valence-electron chi connectivity index (χ0n) is 14.5. The van der Waals surface area contributed by atoms with E-state index in [0.29, 0.717) is 38.8 Å². The van der Waals surface area contributed by atoms with Crippen molar-refractivity contribution in [2.75, 3.05) is 26.3 Å². The molecule has 8 N–H and O–H groups in total. The van der Waals surface area contributed by atoms with Gasteiger partial charge in [-0.3, -0.25) is 40.1 Å². The zero-order valence-corrected chi connectivity index (χ0v) is 14.5. The Balaban J connectivity index is 3.58. The second kappa shape index (κ2) is 15.8. The molecule has 1 atom stereocenters. The highest BCUT2D eigenvalue weighted by atomic mass is 17.1. The number of nitrogens with zero attached hydrogens (tertiary/aromatic N) is 2. The molecule has 0 aliphatic rings. The van der Waals surface area contributed by atoms with Crippen LogP contribution in [0, 0.1) is 0 Å². The summed E-state index contributed by atoms with van der Waals surface area (Å²) < 4.78 is 0. The van der Waals surface area contributed by atoms with Gasteiger partial charge in [0.2, 0.25) is 11.8 Å². The highest BCUT2D eigenvalue weighted by Gasteiger charge is 2.14. The van der Waals surface area contributed by atoms with Gasteiger partial charge < -0.3 is 16.4 Å². The van der Waals surface area contributed by atoms with Crippen molar-refractivity contribution in [2.45, 2.75) is 44.6 Å². The molecular weight excluding hydrogens is 354 g/mol. The Kier molecular flexibility index (Phi) is 14.9. The molecule has 0 rings (SSSR count). The molecule has 13 nitrogen and oxygen atoms in total. The first-order valence-electron chi connectivity index (χ1n) is 8.24. The summed E-state index contributed by atoms with van der Waals surface area (Å²) in [5, 5.41) is 37.8. The summed E-state index contributed by atoms with van der Waals surface area (Å²) in [5.41, 5.74) is 5.71. The Labute approximate surface area is 151 Å². The van der Waals surface area contributed by atoms with Gasteiger partial charge in [-0.1, -0.05) is 0 Å². The van der Waals surface area contributed by atoms with Crippen molar-refractivity contribution >= 4 is 11.8 Å². The lowest BCUT2D eigenvalue weighted by Crippen LogP contribution is -2.41. The Morgan fingerprint density at radius 2 is 1.38 bits per heavy atom. The zero-order chi connectivity index (χ0) is 19.8. The lowest BCUT2D eigenvalue weighted by molar-refractivity contribution is -0.492. The predicted octanol–water partition coefficient (Wildman–Crippen LogP) is -1.09. The molecule has 0 saturated heterocycles. The molecule has 0 heterocycles. The van der Waals surface area contributed by atoms with Gasteiger partial charge in [-0.05, 0) is 32.1 Å². The lowest BCUT2D eigenvalue weighted by Gasteiger charge is -2.12. The van der Waals surface area contributed by atoms with Gasteiger partial charge in [0.1, 0.15) is 0 Å². The number of unbranched alkanes of at least 4 members (excludes halogenated alkanes) is 2. The summed E-state index contributed by atoms with van der Waals surface area (Å²) in [6.07, 6.45) is 2.52. The minimum Gasteiger partial charge on any atom is -0.356 e. The topological polar surface area (TPSA) is 190 Å². The van der Waals surface area contributed by atoms with Gasteiger partial charge in [0.05, 0.1) is 30.0 Å². The van der Waals surface area contributed by atoms with Crippen LogP contribution in [0.4, 0.5) is 0 Å². The fourth-order valence-corrected chi connectivity index (χ4v) is 1.82. The van der Waals surface area contributed by atoms with Crippen molar-refractivity contribution in [3.63, 3.8) is 0 Å². The molecule has 154 valence electrons. The Bertz CT molecular complexity index is 386. The molecule has 1 unspecified atom stereocenters. The Hall–Kier alpha value is -1.42. The molecular formula is C13H29N5O8. The number of nitrogens with two attached hydrogens (primary N) is 1. The quantitative estimate of drug-likeness (QED) is 0.127. The summed E-state index contributed by atoms with van der Waals surface area (Å²) >= 11 is 0. The van der Waals surface area contributed by atoms with E-state index in [0.717, 1.165) is 0 Å². The van der Waals surface area contributed by atoms with Crippen molar-refractivity contribution in [3.8, 4) is 0 Å². The van der Waals surface area contributed by atoms with Crippen molar-refractivity contribution in [1.82, 2.24) is 21.4 Å². The van der Waals surface area contributed by atoms with Crippen LogP contribution in [-0.4, -0.2) is 75.8 Å². The molecule has 0 aliphatic carbocycles. The van der Waals surface area contributed by atoms with E-state index in [4.69, 9.17) is 26.6 Å². The molecule has 0 saturated carbocycles. The third-order valence-electron chi connectivity index (χ3n) is 3.20. The summed E-state index contributed by atoms with van der Waals surface area (Å²) in [4.78, 5) is 32.1. The van der Waals surface area contributed by atoms with Crippen LogP contribution in [0.25, 0.3) is 0 Å². The maximum Gasteiger partial charge on any atom is 0.236 e. The SMILES string of the molecule is NC(CCC(=O)NCCCCON(O)O)C(=O)NCCCCON(O)O. The van der Waals surface area contributed by atoms with Gasteiger partial charge >= 0.3 is 0 Å². The fourth-order valence-electron chi connectivity index (χ4n) is 1.82. The van der Waals surface area contributed by atoms with Crippen molar-refractivity contribution in [3.05, 3.63) is 0 Å².